The Balaban J connectivity index is 1.86. The van der Waals surface area contributed by atoms with E-state index in [-0.39, 0.29) is 24.5 Å². The number of hydrogen-bond donors (Lipinski definition) is 1. The number of carbonyl (C=O) groups excluding carboxylic acids is 2. The van der Waals surface area contributed by atoms with E-state index < -0.39 is 0 Å². The Morgan fingerprint density at radius 3 is 2.48 bits per heavy atom. The van der Waals surface area contributed by atoms with Crippen molar-refractivity contribution < 1.29 is 14.3 Å². The van der Waals surface area contributed by atoms with Crippen LogP contribution in [0.3, 0.4) is 0 Å². The molecule has 0 saturated carbocycles. The van der Waals surface area contributed by atoms with Crippen molar-refractivity contribution in [3.05, 3.63) is 60.2 Å². The van der Waals surface area contributed by atoms with Crippen molar-refractivity contribution >= 4 is 17.4 Å². The molecule has 0 heterocycles. The summed E-state index contributed by atoms with van der Waals surface area (Å²) in [7, 11) is 1.57. The second-order valence-corrected chi connectivity index (χ2v) is 4.57. The molecule has 0 aliphatic rings. The van der Waals surface area contributed by atoms with Crippen molar-refractivity contribution in [1.29, 1.82) is 0 Å². The Morgan fingerprint density at radius 2 is 1.76 bits per heavy atom. The average molecular weight is 283 g/mol. The van der Waals surface area contributed by atoms with Gasteiger partial charge in [-0.15, -0.1) is 0 Å². The number of ketones is 1. The molecule has 21 heavy (non-hydrogen) atoms. The van der Waals surface area contributed by atoms with E-state index in [4.69, 9.17) is 4.74 Å². The minimum absolute atomic E-state index is 0.0311. The number of Topliss-reactive ketones (excluding diaryl/α,β-unsaturated/α-hetero) is 1. The second kappa shape index (κ2) is 7.24. The third-order valence-corrected chi connectivity index (χ3v) is 3.03. The van der Waals surface area contributed by atoms with Gasteiger partial charge in [-0.3, -0.25) is 9.59 Å². The second-order valence-electron chi connectivity index (χ2n) is 4.57. The summed E-state index contributed by atoms with van der Waals surface area (Å²) in [4.78, 5) is 23.7. The number of amides is 1. The third kappa shape index (κ3) is 4.45. The molecule has 0 fully saturated rings. The maximum absolute atomic E-state index is 11.9. The highest BCUT2D eigenvalue weighted by Gasteiger charge is 2.09. The van der Waals surface area contributed by atoms with Crippen LogP contribution in [0.2, 0.25) is 0 Å². The fourth-order valence-corrected chi connectivity index (χ4v) is 1.92. The van der Waals surface area contributed by atoms with Gasteiger partial charge in [0, 0.05) is 30.2 Å². The highest BCUT2D eigenvalue weighted by atomic mass is 16.5. The van der Waals surface area contributed by atoms with Gasteiger partial charge in [-0.25, -0.2) is 0 Å². The van der Waals surface area contributed by atoms with E-state index in [1.807, 2.05) is 18.2 Å². The monoisotopic (exact) mass is 283 g/mol. The highest BCUT2D eigenvalue weighted by Crippen LogP contribution is 2.17. The minimum Gasteiger partial charge on any atom is -0.497 e. The Morgan fingerprint density at radius 1 is 1.00 bits per heavy atom. The van der Waals surface area contributed by atoms with Crippen molar-refractivity contribution in [1.82, 2.24) is 0 Å². The Labute approximate surface area is 123 Å². The molecule has 1 N–H and O–H groups in total. The zero-order valence-corrected chi connectivity index (χ0v) is 11.8. The van der Waals surface area contributed by atoms with Crippen LogP contribution in [0.25, 0.3) is 0 Å². The molecule has 0 aliphatic carbocycles. The maximum atomic E-state index is 11.9. The quantitative estimate of drug-likeness (QED) is 0.828. The van der Waals surface area contributed by atoms with Crippen molar-refractivity contribution in [2.75, 3.05) is 12.4 Å². The lowest BCUT2D eigenvalue weighted by molar-refractivity contribution is -0.116. The molecule has 1 amide bonds. The zero-order chi connectivity index (χ0) is 15.1. The van der Waals surface area contributed by atoms with Gasteiger partial charge in [-0.1, -0.05) is 36.4 Å². The highest BCUT2D eigenvalue weighted by molar-refractivity contribution is 6.00. The predicted octanol–water partition coefficient (Wildman–Crippen LogP) is 3.30. The van der Waals surface area contributed by atoms with Crippen molar-refractivity contribution in [3.63, 3.8) is 0 Å². The summed E-state index contributed by atoms with van der Waals surface area (Å²) in [6.45, 7) is 0. The van der Waals surface area contributed by atoms with Gasteiger partial charge in [0.2, 0.25) is 5.91 Å². The van der Waals surface area contributed by atoms with E-state index in [2.05, 4.69) is 5.32 Å². The van der Waals surface area contributed by atoms with Crippen LogP contribution < -0.4 is 10.1 Å². The number of benzene rings is 2. The first-order chi connectivity index (χ1) is 10.2. The van der Waals surface area contributed by atoms with E-state index in [1.54, 1.807) is 43.5 Å². The summed E-state index contributed by atoms with van der Waals surface area (Å²) in [6, 6.07) is 16.1. The average Bonchev–Trinajstić information content (AvgIpc) is 2.53. The molecule has 0 aromatic heterocycles. The molecule has 0 radical (unpaired) electrons. The minimum atomic E-state index is -0.187. The fraction of sp³-hybridized carbons (Fsp3) is 0.176. The largest absolute Gasteiger partial charge is 0.497 e. The van der Waals surface area contributed by atoms with Gasteiger partial charge in [0.25, 0.3) is 0 Å². The zero-order valence-electron chi connectivity index (χ0n) is 11.8. The van der Waals surface area contributed by atoms with Crippen LogP contribution in [0.4, 0.5) is 5.69 Å². The number of rotatable bonds is 6. The van der Waals surface area contributed by atoms with E-state index in [9.17, 15) is 9.59 Å². The van der Waals surface area contributed by atoms with Gasteiger partial charge in [0.1, 0.15) is 5.75 Å². The molecular weight excluding hydrogens is 266 g/mol. The third-order valence-electron chi connectivity index (χ3n) is 3.03. The molecule has 4 heteroatoms. The van der Waals surface area contributed by atoms with Gasteiger partial charge in [-0.2, -0.15) is 0 Å². The molecule has 108 valence electrons. The van der Waals surface area contributed by atoms with Crippen molar-refractivity contribution in [2.45, 2.75) is 12.8 Å². The van der Waals surface area contributed by atoms with Gasteiger partial charge < -0.3 is 10.1 Å². The van der Waals surface area contributed by atoms with Crippen molar-refractivity contribution in [2.24, 2.45) is 0 Å². The van der Waals surface area contributed by atoms with Crippen LogP contribution >= 0.6 is 0 Å². The molecule has 0 bridgehead atoms. The van der Waals surface area contributed by atoms with Crippen LogP contribution in [0.5, 0.6) is 5.75 Å². The summed E-state index contributed by atoms with van der Waals surface area (Å²) in [5.74, 6) is 0.456. The molecule has 0 atom stereocenters. The van der Waals surface area contributed by atoms with Gasteiger partial charge >= 0.3 is 0 Å². The molecule has 2 aromatic carbocycles. The summed E-state index contributed by atoms with van der Waals surface area (Å²) < 4.78 is 5.09. The predicted molar refractivity (Wildman–Crippen MR) is 81.6 cm³/mol. The first kappa shape index (κ1) is 14.8. The summed E-state index contributed by atoms with van der Waals surface area (Å²) in [5.41, 5.74) is 1.29. The number of hydrogen-bond acceptors (Lipinski definition) is 3. The lowest BCUT2D eigenvalue weighted by Gasteiger charge is -2.06. The Hall–Kier alpha value is -2.62. The summed E-state index contributed by atoms with van der Waals surface area (Å²) in [5, 5.41) is 2.75. The molecule has 0 aliphatic heterocycles. The van der Waals surface area contributed by atoms with Gasteiger partial charge in [-0.05, 0) is 12.1 Å². The number of carbonyl (C=O) groups is 2. The van der Waals surface area contributed by atoms with Gasteiger partial charge in [0.05, 0.1) is 7.11 Å². The Kier molecular flexibility index (Phi) is 5.10. The fourth-order valence-electron chi connectivity index (χ4n) is 1.92. The standard InChI is InChI=1S/C17H17NO3/c1-21-15-9-5-8-14(12-15)18-17(20)11-10-16(19)13-6-3-2-4-7-13/h2-9,12H,10-11H2,1H3,(H,18,20). The molecule has 2 rings (SSSR count). The number of nitrogens with one attached hydrogen (secondary N) is 1. The number of methoxy groups -OCH3 is 1. The number of anilines is 1. The van der Waals surface area contributed by atoms with Crippen LogP contribution in [0, 0.1) is 0 Å². The topological polar surface area (TPSA) is 55.4 Å². The van der Waals surface area contributed by atoms with E-state index in [0.29, 0.717) is 17.0 Å². The van der Waals surface area contributed by atoms with E-state index >= 15 is 0 Å². The summed E-state index contributed by atoms with van der Waals surface area (Å²) in [6.07, 6.45) is 0.352. The molecular formula is C17H17NO3. The molecule has 2 aromatic rings. The molecule has 0 unspecified atom stereocenters. The van der Waals surface area contributed by atoms with Crippen LogP contribution in [-0.4, -0.2) is 18.8 Å². The SMILES string of the molecule is COc1cccc(NC(=O)CCC(=O)c2ccccc2)c1. The van der Waals surface area contributed by atoms with Crippen LogP contribution in [0.1, 0.15) is 23.2 Å². The van der Waals surface area contributed by atoms with Crippen molar-refractivity contribution in [3.8, 4) is 5.75 Å². The maximum Gasteiger partial charge on any atom is 0.224 e. The first-order valence-electron chi connectivity index (χ1n) is 6.71. The van der Waals surface area contributed by atoms with E-state index in [1.165, 1.54) is 0 Å². The summed E-state index contributed by atoms with van der Waals surface area (Å²) >= 11 is 0. The Bertz CT molecular complexity index is 623. The van der Waals surface area contributed by atoms with Gasteiger partial charge in [0.15, 0.2) is 5.78 Å². The smallest absolute Gasteiger partial charge is 0.224 e. The van der Waals surface area contributed by atoms with Crippen LogP contribution in [0.15, 0.2) is 54.6 Å². The molecule has 0 saturated heterocycles. The lowest BCUT2D eigenvalue weighted by Crippen LogP contribution is -2.13. The first-order valence-corrected chi connectivity index (χ1v) is 6.71. The lowest BCUT2D eigenvalue weighted by atomic mass is 10.1. The normalized spacial score (nSPS) is 9.95. The molecule has 0 spiro atoms. The van der Waals surface area contributed by atoms with Crippen LogP contribution in [-0.2, 0) is 4.79 Å². The molecule has 4 nitrogen and oxygen atoms in total. The van der Waals surface area contributed by atoms with E-state index in [0.717, 1.165) is 0 Å². The number of ether oxygens (including phenoxy) is 1.